The summed E-state index contributed by atoms with van der Waals surface area (Å²) in [6.45, 7) is 8.71. The maximum Gasteiger partial charge on any atom is 0.239 e. The number of piperazine rings is 1. The normalized spacial score (nSPS) is 17.4. The molecule has 3 aromatic carbocycles. The molecule has 2 aliphatic rings. The molecule has 0 spiro atoms. The molecule has 2 heterocycles. The Bertz CT molecular complexity index is 1330. The molecule has 0 saturated carbocycles. The summed E-state index contributed by atoms with van der Waals surface area (Å²) in [5.41, 5.74) is 11.4. The Morgan fingerprint density at radius 3 is 2.37 bits per heavy atom. The topological polar surface area (TPSA) is 52.8 Å². The monoisotopic (exact) mass is 688 g/mol. The molecule has 2 N–H and O–H groups in total. The zero-order valence-corrected chi connectivity index (χ0v) is 28.2. The van der Waals surface area contributed by atoms with Crippen molar-refractivity contribution < 1.29 is 9.18 Å². The number of carbonyl (C=O) groups excluding carboxylic acids is 1. The Balaban J connectivity index is 0.00000423. The van der Waals surface area contributed by atoms with Crippen LogP contribution < -0.4 is 5.73 Å². The van der Waals surface area contributed by atoms with Crippen LogP contribution >= 0.6 is 40.3 Å². The van der Waals surface area contributed by atoms with Crippen molar-refractivity contribution in [3.8, 4) is 11.1 Å². The van der Waals surface area contributed by atoms with Gasteiger partial charge in [0.2, 0.25) is 5.91 Å². The predicted octanol–water partition coefficient (Wildman–Crippen LogP) is 6.76. The molecule has 2 aliphatic heterocycles. The summed E-state index contributed by atoms with van der Waals surface area (Å²) >= 11 is 8.04. The number of piperidine rings is 1. The van der Waals surface area contributed by atoms with Crippen molar-refractivity contribution >= 4 is 46.3 Å². The number of hydrogen-bond acceptors (Lipinski definition) is 5. The number of rotatable bonds is 10. The van der Waals surface area contributed by atoms with Crippen LogP contribution in [0.4, 0.5) is 4.39 Å². The van der Waals surface area contributed by atoms with Gasteiger partial charge in [0, 0.05) is 49.2 Å². The lowest BCUT2D eigenvalue weighted by molar-refractivity contribution is -0.136. The third kappa shape index (κ3) is 9.05. The second kappa shape index (κ2) is 16.4. The second-order valence-corrected chi connectivity index (χ2v) is 13.2. The third-order valence-corrected chi connectivity index (χ3v) is 9.90. The Kier molecular flexibility index (Phi) is 12.9. The minimum Gasteiger partial charge on any atom is -0.339 e. The minimum atomic E-state index is -0.444. The number of halogens is 3. The molecule has 0 bridgehead atoms. The van der Waals surface area contributed by atoms with Crippen LogP contribution in [-0.2, 0) is 17.8 Å². The van der Waals surface area contributed by atoms with Crippen molar-refractivity contribution in [2.75, 3.05) is 51.6 Å². The van der Waals surface area contributed by atoms with E-state index in [0.29, 0.717) is 13.1 Å². The molecule has 1 unspecified atom stereocenters. The van der Waals surface area contributed by atoms with E-state index in [4.69, 9.17) is 17.3 Å². The van der Waals surface area contributed by atoms with Gasteiger partial charge in [-0.3, -0.25) is 9.69 Å². The van der Waals surface area contributed by atoms with Gasteiger partial charge in [-0.05, 0) is 90.5 Å². The van der Waals surface area contributed by atoms with Crippen LogP contribution in [0, 0.1) is 11.7 Å². The van der Waals surface area contributed by atoms with Gasteiger partial charge in [-0.25, -0.2) is 4.39 Å². The molecule has 1 atom stereocenters. The van der Waals surface area contributed by atoms with E-state index in [0.717, 1.165) is 79.8 Å². The zero-order valence-electron chi connectivity index (χ0n) is 24.9. The number of carbonyl (C=O) groups is 1. The highest BCUT2D eigenvalue weighted by molar-refractivity contribution is 8.93. The molecule has 0 aromatic heterocycles. The van der Waals surface area contributed by atoms with Crippen LogP contribution in [0.1, 0.15) is 30.9 Å². The average Bonchev–Trinajstić information content (AvgIpc) is 3.02. The van der Waals surface area contributed by atoms with Crippen molar-refractivity contribution in [3.05, 3.63) is 88.7 Å². The molecule has 2 fully saturated rings. The maximum atomic E-state index is 13.7. The first-order chi connectivity index (χ1) is 20.4. The van der Waals surface area contributed by atoms with Gasteiger partial charge in [0.05, 0.1) is 6.04 Å². The lowest BCUT2D eigenvalue weighted by Crippen LogP contribution is -2.55. The molecule has 0 aliphatic carbocycles. The van der Waals surface area contributed by atoms with E-state index in [2.05, 4.69) is 53.1 Å². The fourth-order valence-electron chi connectivity index (χ4n) is 6.21. The highest BCUT2D eigenvalue weighted by Gasteiger charge is 2.32. The molecule has 232 valence electrons. The van der Waals surface area contributed by atoms with Crippen LogP contribution in [0.25, 0.3) is 11.1 Å². The number of amides is 1. The molecular formula is C34H43BrClFN4OS. The summed E-state index contributed by atoms with van der Waals surface area (Å²) in [5.74, 6) is 1.02. The fourth-order valence-corrected chi connectivity index (χ4v) is 7.23. The van der Waals surface area contributed by atoms with Gasteiger partial charge >= 0.3 is 0 Å². The molecule has 3 aromatic rings. The van der Waals surface area contributed by atoms with Crippen molar-refractivity contribution in [1.29, 1.82) is 0 Å². The summed E-state index contributed by atoms with van der Waals surface area (Å²) in [6.07, 6.45) is 2.81. The van der Waals surface area contributed by atoms with Gasteiger partial charge in [-0.2, -0.15) is 0 Å². The van der Waals surface area contributed by atoms with Gasteiger partial charge in [-0.1, -0.05) is 61.0 Å². The van der Waals surface area contributed by atoms with Crippen molar-refractivity contribution in [2.45, 2.75) is 43.7 Å². The van der Waals surface area contributed by atoms with Crippen molar-refractivity contribution in [3.63, 3.8) is 0 Å². The molecule has 43 heavy (non-hydrogen) atoms. The quantitative estimate of drug-likeness (QED) is 0.239. The number of hydrogen-bond donors (Lipinski definition) is 1. The van der Waals surface area contributed by atoms with E-state index in [-0.39, 0.29) is 34.6 Å². The van der Waals surface area contributed by atoms with E-state index >= 15 is 0 Å². The molecular weight excluding hydrogens is 647 g/mol. The predicted molar refractivity (Wildman–Crippen MR) is 183 cm³/mol. The first-order valence-corrected chi connectivity index (χ1v) is 16.5. The van der Waals surface area contributed by atoms with E-state index in [1.165, 1.54) is 16.7 Å². The summed E-state index contributed by atoms with van der Waals surface area (Å²) in [4.78, 5) is 21.1. The first-order valence-electron chi connectivity index (χ1n) is 15.2. The van der Waals surface area contributed by atoms with Gasteiger partial charge in [0.1, 0.15) is 5.82 Å². The first kappa shape index (κ1) is 33.9. The van der Waals surface area contributed by atoms with Gasteiger partial charge in [0.25, 0.3) is 0 Å². The lowest BCUT2D eigenvalue weighted by atomic mass is 9.88. The Hall–Kier alpha value is -1.94. The number of thioether (sulfide) groups is 1. The highest BCUT2D eigenvalue weighted by atomic mass is 79.9. The number of likely N-dealkylation sites (tertiary alicyclic amines) is 1. The Morgan fingerprint density at radius 2 is 1.67 bits per heavy atom. The highest BCUT2D eigenvalue weighted by Crippen LogP contribution is 2.29. The van der Waals surface area contributed by atoms with E-state index in [9.17, 15) is 9.18 Å². The summed E-state index contributed by atoms with van der Waals surface area (Å²) in [7, 11) is 0. The summed E-state index contributed by atoms with van der Waals surface area (Å²) in [6, 6.07) is 21.3. The third-order valence-electron chi connectivity index (χ3n) is 8.68. The lowest BCUT2D eigenvalue weighted by Gasteiger charge is -2.39. The molecule has 1 amide bonds. The number of nitrogens with two attached hydrogens (primary N) is 1. The smallest absolute Gasteiger partial charge is 0.239 e. The van der Waals surface area contributed by atoms with Gasteiger partial charge in [0.15, 0.2) is 0 Å². The average molecular weight is 690 g/mol. The molecule has 2 saturated heterocycles. The largest absolute Gasteiger partial charge is 0.339 e. The summed E-state index contributed by atoms with van der Waals surface area (Å²) in [5, 5.41) is 0.768. The van der Waals surface area contributed by atoms with E-state index in [1.807, 2.05) is 23.1 Å². The van der Waals surface area contributed by atoms with E-state index in [1.54, 1.807) is 23.9 Å². The fraction of sp³-hybridized carbons (Fsp3) is 0.441. The van der Waals surface area contributed by atoms with Crippen LogP contribution in [0.15, 0.2) is 71.6 Å². The Morgan fingerprint density at radius 1 is 0.953 bits per heavy atom. The molecule has 9 heteroatoms. The van der Waals surface area contributed by atoms with E-state index < -0.39 is 6.04 Å². The van der Waals surface area contributed by atoms with Crippen molar-refractivity contribution in [2.24, 2.45) is 11.7 Å². The zero-order chi connectivity index (χ0) is 29.5. The standard InChI is InChI=1S/C34H42ClFN4OS.BrH/c1-2-42-32-23-30(36)10-8-28(32)24-39-18-20-40(21-19-39)34(41)33(37)26-12-15-38(16-13-26)17-14-27-22-29(35)9-11-31(27)25-6-4-3-5-7-25;/h3-11,22-23,26,33H,2,12-21,24,37H2,1H3;1H. The number of nitrogens with zero attached hydrogens (tertiary/aromatic N) is 3. The number of benzene rings is 3. The van der Waals surface area contributed by atoms with Gasteiger partial charge in [-0.15, -0.1) is 28.7 Å². The van der Waals surface area contributed by atoms with Gasteiger partial charge < -0.3 is 15.5 Å². The van der Waals surface area contributed by atoms with Crippen LogP contribution in [0.5, 0.6) is 0 Å². The summed E-state index contributed by atoms with van der Waals surface area (Å²) < 4.78 is 13.7. The molecule has 5 nitrogen and oxygen atoms in total. The second-order valence-electron chi connectivity index (χ2n) is 11.4. The van der Waals surface area contributed by atoms with Crippen LogP contribution in [0.3, 0.4) is 0 Å². The van der Waals surface area contributed by atoms with Crippen LogP contribution in [-0.4, -0.2) is 78.2 Å². The maximum absolute atomic E-state index is 13.7. The molecule has 0 radical (unpaired) electrons. The van der Waals surface area contributed by atoms with Crippen molar-refractivity contribution in [1.82, 2.24) is 14.7 Å². The SMILES string of the molecule is Br.CCSc1cc(F)ccc1CN1CCN(C(=O)C(N)C2CCN(CCc3cc(Cl)ccc3-c3ccccc3)CC2)CC1. The Labute approximate surface area is 275 Å². The minimum absolute atomic E-state index is 0. The van der Waals surface area contributed by atoms with Crippen LogP contribution in [0.2, 0.25) is 5.02 Å². The molecule has 5 rings (SSSR count).